The number of imide groups is 1. The molecule has 0 bridgehead atoms. The highest BCUT2D eigenvalue weighted by molar-refractivity contribution is 8.04. The fourth-order valence-corrected chi connectivity index (χ4v) is 4.04. The SMILES string of the molecule is CCCOc1ccc(C2=C(SC(C)C)C(=O)N(c3cccc(C)c3)C2=O)cc1. The molecule has 4 nitrogen and oxygen atoms in total. The van der Waals surface area contributed by atoms with Crippen LogP contribution in [0.4, 0.5) is 5.69 Å². The van der Waals surface area contributed by atoms with Crippen molar-refractivity contribution < 1.29 is 14.3 Å². The lowest BCUT2D eigenvalue weighted by Gasteiger charge is -2.16. The zero-order valence-electron chi connectivity index (χ0n) is 16.7. The number of amides is 2. The summed E-state index contributed by atoms with van der Waals surface area (Å²) in [5, 5.41) is 0.186. The maximum atomic E-state index is 13.3. The van der Waals surface area contributed by atoms with Crippen LogP contribution in [-0.2, 0) is 9.59 Å². The van der Waals surface area contributed by atoms with Gasteiger partial charge in [0.15, 0.2) is 0 Å². The van der Waals surface area contributed by atoms with E-state index in [9.17, 15) is 9.59 Å². The summed E-state index contributed by atoms with van der Waals surface area (Å²) in [6.07, 6.45) is 0.931. The zero-order valence-corrected chi connectivity index (χ0v) is 17.5. The number of ether oxygens (including phenoxy) is 1. The number of benzene rings is 2. The zero-order chi connectivity index (χ0) is 20.3. The molecule has 0 spiro atoms. The number of anilines is 1. The van der Waals surface area contributed by atoms with Gasteiger partial charge in [-0.15, -0.1) is 11.8 Å². The third-order valence-electron chi connectivity index (χ3n) is 4.27. The normalized spacial score (nSPS) is 14.4. The van der Waals surface area contributed by atoms with E-state index in [1.807, 2.05) is 63.2 Å². The first-order valence-corrected chi connectivity index (χ1v) is 10.4. The fraction of sp³-hybridized carbons (Fsp3) is 0.304. The molecular weight excluding hydrogens is 370 g/mol. The largest absolute Gasteiger partial charge is 0.494 e. The van der Waals surface area contributed by atoms with Crippen LogP contribution in [0.1, 0.15) is 38.3 Å². The summed E-state index contributed by atoms with van der Waals surface area (Å²) < 4.78 is 5.63. The molecule has 0 aliphatic carbocycles. The van der Waals surface area contributed by atoms with Crippen LogP contribution in [0.3, 0.4) is 0 Å². The van der Waals surface area contributed by atoms with Crippen LogP contribution in [0.15, 0.2) is 53.4 Å². The minimum atomic E-state index is -0.277. The first kappa shape index (κ1) is 20.2. The van der Waals surface area contributed by atoms with Crippen LogP contribution in [0.25, 0.3) is 5.57 Å². The molecule has 1 aliphatic rings. The van der Waals surface area contributed by atoms with Gasteiger partial charge in [0.2, 0.25) is 0 Å². The molecule has 0 N–H and O–H groups in total. The summed E-state index contributed by atoms with van der Waals surface area (Å²) in [5.74, 6) is 0.230. The molecule has 0 radical (unpaired) electrons. The summed E-state index contributed by atoms with van der Waals surface area (Å²) in [5.41, 5.74) is 2.81. The summed E-state index contributed by atoms with van der Waals surface area (Å²) in [4.78, 5) is 28.2. The van der Waals surface area contributed by atoms with Gasteiger partial charge in [-0.2, -0.15) is 0 Å². The molecule has 0 saturated heterocycles. The number of hydrogen-bond donors (Lipinski definition) is 0. The number of nitrogens with zero attached hydrogens (tertiary/aromatic N) is 1. The van der Waals surface area contributed by atoms with Crippen molar-refractivity contribution in [2.75, 3.05) is 11.5 Å². The lowest BCUT2D eigenvalue weighted by atomic mass is 10.1. The van der Waals surface area contributed by atoms with Gasteiger partial charge in [0, 0.05) is 5.25 Å². The minimum Gasteiger partial charge on any atom is -0.494 e. The Hall–Kier alpha value is -2.53. The number of rotatable bonds is 7. The van der Waals surface area contributed by atoms with Gasteiger partial charge in [-0.25, -0.2) is 4.90 Å². The van der Waals surface area contributed by atoms with Crippen molar-refractivity contribution in [2.24, 2.45) is 0 Å². The van der Waals surface area contributed by atoms with Crippen molar-refractivity contribution in [2.45, 2.75) is 39.4 Å². The first-order chi connectivity index (χ1) is 13.4. The quantitative estimate of drug-likeness (QED) is 0.604. The Balaban J connectivity index is 2.01. The Labute approximate surface area is 170 Å². The monoisotopic (exact) mass is 395 g/mol. The van der Waals surface area contributed by atoms with Crippen LogP contribution in [0.5, 0.6) is 5.75 Å². The van der Waals surface area contributed by atoms with Gasteiger partial charge in [-0.05, 0) is 48.7 Å². The van der Waals surface area contributed by atoms with Crippen molar-refractivity contribution in [1.29, 1.82) is 0 Å². The van der Waals surface area contributed by atoms with Crippen molar-refractivity contribution in [3.8, 4) is 5.75 Å². The van der Waals surface area contributed by atoms with Crippen molar-refractivity contribution in [1.82, 2.24) is 0 Å². The van der Waals surface area contributed by atoms with Crippen LogP contribution in [0, 0.1) is 6.92 Å². The van der Waals surface area contributed by atoms with Gasteiger partial charge in [0.25, 0.3) is 11.8 Å². The Kier molecular flexibility index (Phi) is 6.25. The minimum absolute atomic E-state index is 0.186. The molecule has 2 aromatic rings. The highest BCUT2D eigenvalue weighted by Crippen LogP contribution is 2.40. The van der Waals surface area contributed by atoms with Crippen molar-refractivity contribution in [3.63, 3.8) is 0 Å². The lowest BCUT2D eigenvalue weighted by molar-refractivity contribution is -0.119. The van der Waals surface area contributed by atoms with Crippen molar-refractivity contribution >= 4 is 34.8 Å². The molecule has 146 valence electrons. The van der Waals surface area contributed by atoms with E-state index in [0.717, 1.165) is 23.3 Å². The van der Waals surface area contributed by atoms with E-state index in [-0.39, 0.29) is 17.1 Å². The molecule has 3 rings (SSSR count). The van der Waals surface area contributed by atoms with Crippen LogP contribution >= 0.6 is 11.8 Å². The number of aryl methyl sites for hydroxylation is 1. The fourth-order valence-electron chi connectivity index (χ4n) is 3.05. The van der Waals surface area contributed by atoms with Crippen LogP contribution in [-0.4, -0.2) is 23.7 Å². The summed E-state index contributed by atoms with van der Waals surface area (Å²) >= 11 is 1.43. The second-order valence-corrected chi connectivity index (χ2v) is 8.62. The van der Waals surface area contributed by atoms with E-state index in [4.69, 9.17) is 4.74 Å². The molecule has 0 saturated carbocycles. The molecule has 0 unspecified atom stereocenters. The van der Waals surface area contributed by atoms with E-state index >= 15 is 0 Å². The Morgan fingerprint density at radius 3 is 2.36 bits per heavy atom. The number of carbonyl (C=O) groups is 2. The Morgan fingerprint density at radius 1 is 1.04 bits per heavy atom. The van der Waals surface area contributed by atoms with E-state index < -0.39 is 0 Å². The summed E-state index contributed by atoms with van der Waals surface area (Å²) in [6, 6.07) is 14.9. The van der Waals surface area contributed by atoms with E-state index in [2.05, 4.69) is 6.92 Å². The van der Waals surface area contributed by atoms with Crippen LogP contribution < -0.4 is 9.64 Å². The predicted octanol–water partition coefficient (Wildman–Crippen LogP) is 5.21. The molecule has 0 fully saturated rings. The topological polar surface area (TPSA) is 46.6 Å². The molecule has 0 atom stereocenters. The van der Waals surface area contributed by atoms with Gasteiger partial charge in [-0.1, -0.05) is 45.0 Å². The average Bonchev–Trinajstić information content (AvgIpc) is 2.90. The maximum Gasteiger partial charge on any atom is 0.272 e. The third kappa shape index (κ3) is 4.14. The van der Waals surface area contributed by atoms with E-state index in [1.165, 1.54) is 16.7 Å². The van der Waals surface area contributed by atoms with Gasteiger partial charge in [0.05, 0.1) is 22.8 Å². The third-order valence-corrected chi connectivity index (χ3v) is 5.36. The van der Waals surface area contributed by atoms with Gasteiger partial charge in [0.1, 0.15) is 5.75 Å². The molecule has 28 heavy (non-hydrogen) atoms. The van der Waals surface area contributed by atoms with E-state index in [1.54, 1.807) is 6.07 Å². The molecule has 1 heterocycles. The Bertz CT molecular complexity index is 916. The van der Waals surface area contributed by atoms with Gasteiger partial charge in [-0.3, -0.25) is 9.59 Å². The smallest absolute Gasteiger partial charge is 0.272 e. The van der Waals surface area contributed by atoms with E-state index in [0.29, 0.717) is 22.8 Å². The number of hydrogen-bond acceptors (Lipinski definition) is 4. The first-order valence-electron chi connectivity index (χ1n) is 9.52. The predicted molar refractivity (Wildman–Crippen MR) is 116 cm³/mol. The number of carbonyl (C=O) groups excluding carboxylic acids is 2. The molecule has 2 aromatic carbocycles. The number of thioether (sulfide) groups is 1. The van der Waals surface area contributed by atoms with Crippen molar-refractivity contribution in [3.05, 3.63) is 64.6 Å². The second-order valence-electron chi connectivity index (χ2n) is 7.03. The maximum absolute atomic E-state index is 13.3. The summed E-state index contributed by atoms with van der Waals surface area (Å²) in [6.45, 7) is 8.68. The van der Waals surface area contributed by atoms with Gasteiger partial charge < -0.3 is 4.74 Å². The standard InChI is InChI=1S/C23H25NO3S/c1-5-13-27-19-11-9-17(10-12-19)20-21(28-15(2)3)23(26)24(22(20)25)18-8-6-7-16(4)14-18/h6-12,14-15H,5,13H2,1-4H3. The Morgan fingerprint density at radius 2 is 1.75 bits per heavy atom. The molecule has 0 aromatic heterocycles. The van der Waals surface area contributed by atoms with Crippen LogP contribution in [0.2, 0.25) is 0 Å². The highest BCUT2D eigenvalue weighted by atomic mass is 32.2. The molecule has 1 aliphatic heterocycles. The lowest BCUT2D eigenvalue weighted by Crippen LogP contribution is -2.31. The molecular formula is C23H25NO3S. The highest BCUT2D eigenvalue weighted by Gasteiger charge is 2.40. The average molecular weight is 396 g/mol. The summed E-state index contributed by atoms with van der Waals surface area (Å²) in [7, 11) is 0. The molecule has 5 heteroatoms. The van der Waals surface area contributed by atoms with Gasteiger partial charge >= 0.3 is 0 Å². The molecule has 2 amide bonds. The second kappa shape index (κ2) is 8.65.